The SMILES string of the molecule is [N-]=[N+]=NC1CN(S(=O)(=O)CCN2C(=O)c3ccccc3C2=O)C1. The van der Waals surface area contributed by atoms with E-state index in [1.54, 1.807) is 24.3 Å². The smallest absolute Gasteiger partial charge is 0.261 e. The number of benzene rings is 1. The molecule has 0 spiro atoms. The van der Waals surface area contributed by atoms with Crippen LogP contribution in [-0.2, 0) is 10.0 Å². The molecule has 23 heavy (non-hydrogen) atoms. The standard InChI is InChI=1S/C13H13N5O4S/c14-16-15-9-7-17(8-9)23(21,22)6-5-18-12(19)10-3-1-2-4-11(10)13(18)20/h1-4,9H,5-8H2. The van der Waals surface area contributed by atoms with Crippen LogP contribution in [0.15, 0.2) is 29.4 Å². The monoisotopic (exact) mass is 335 g/mol. The number of fused-ring (bicyclic) bond motifs is 1. The lowest BCUT2D eigenvalue weighted by Gasteiger charge is -2.35. The minimum atomic E-state index is -3.59. The molecule has 0 radical (unpaired) electrons. The Morgan fingerprint density at radius 2 is 1.74 bits per heavy atom. The Labute approximate surface area is 132 Å². The summed E-state index contributed by atoms with van der Waals surface area (Å²) in [4.78, 5) is 27.9. The Bertz CT molecular complexity index is 790. The number of carbonyl (C=O) groups is 2. The van der Waals surface area contributed by atoms with E-state index >= 15 is 0 Å². The molecular formula is C13H13N5O4S. The molecule has 3 rings (SSSR count). The maximum atomic E-state index is 12.2. The Kier molecular flexibility index (Phi) is 3.80. The number of hydrogen-bond acceptors (Lipinski definition) is 5. The van der Waals surface area contributed by atoms with Gasteiger partial charge in [0.1, 0.15) is 0 Å². The van der Waals surface area contributed by atoms with Crippen LogP contribution in [0.1, 0.15) is 20.7 Å². The Morgan fingerprint density at radius 1 is 1.17 bits per heavy atom. The van der Waals surface area contributed by atoms with Gasteiger partial charge in [0.2, 0.25) is 10.0 Å². The summed E-state index contributed by atoms with van der Waals surface area (Å²) in [6, 6.07) is 6.04. The van der Waals surface area contributed by atoms with Crippen LogP contribution in [0.4, 0.5) is 0 Å². The van der Waals surface area contributed by atoms with E-state index in [-0.39, 0.29) is 31.4 Å². The molecule has 120 valence electrons. The molecule has 2 amide bonds. The number of hydrogen-bond donors (Lipinski definition) is 0. The van der Waals surface area contributed by atoms with Crippen molar-refractivity contribution in [3.8, 4) is 0 Å². The van der Waals surface area contributed by atoms with E-state index < -0.39 is 21.8 Å². The summed E-state index contributed by atoms with van der Waals surface area (Å²) in [7, 11) is -3.59. The largest absolute Gasteiger partial charge is 0.273 e. The first-order chi connectivity index (χ1) is 10.9. The molecular weight excluding hydrogens is 322 g/mol. The lowest BCUT2D eigenvalue weighted by Crippen LogP contribution is -2.54. The lowest BCUT2D eigenvalue weighted by molar-refractivity contribution is 0.0663. The average molecular weight is 335 g/mol. The zero-order valence-electron chi connectivity index (χ0n) is 12.0. The maximum absolute atomic E-state index is 12.2. The van der Waals surface area contributed by atoms with Crippen molar-refractivity contribution in [2.24, 2.45) is 5.11 Å². The van der Waals surface area contributed by atoms with Crippen LogP contribution in [0.3, 0.4) is 0 Å². The van der Waals surface area contributed by atoms with Crippen molar-refractivity contribution in [2.75, 3.05) is 25.4 Å². The van der Waals surface area contributed by atoms with Crippen LogP contribution < -0.4 is 0 Å². The fourth-order valence-corrected chi connectivity index (χ4v) is 4.04. The number of carbonyl (C=O) groups excluding carboxylic acids is 2. The number of nitrogens with zero attached hydrogens (tertiary/aromatic N) is 5. The molecule has 1 saturated heterocycles. The van der Waals surface area contributed by atoms with Crippen LogP contribution >= 0.6 is 0 Å². The van der Waals surface area contributed by atoms with Crippen molar-refractivity contribution in [1.82, 2.24) is 9.21 Å². The van der Waals surface area contributed by atoms with Gasteiger partial charge in [-0.15, -0.1) is 0 Å². The highest BCUT2D eigenvalue weighted by Crippen LogP contribution is 2.23. The fourth-order valence-electron chi connectivity index (χ4n) is 2.57. The molecule has 9 nitrogen and oxygen atoms in total. The van der Waals surface area contributed by atoms with Crippen molar-refractivity contribution in [1.29, 1.82) is 0 Å². The van der Waals surface area contributed by atoms with E-state index in [9.17, 15) is 18.0 Å². The number of amides is 2. The topological polar surface area (TPSA) is 124 Å². The molecule has 1 fully saturated rings. The summed E-state index contributed by atoms with van der Waals surface area (Å²) in [5.41, 5.74) is 8.88. The van der Waals surface area contributed by atoms with Gasteiger partial charge in [-0.05, 0) is 17.7 Å². The molecule has 0 unspecified atom stereocenters. The molecule has 0 aliphatic carbocycles. The predicted molar refractivity (Wildman–Crippen MR) is 80.1 cm³/mol. The van der Waals surface area contributed by atoms with Crippen molar-refractivity contribution in [2.45, 2.75) is 6.04 Å². The molecule has 10 heteroatoms. The predicted octanol–water partition coefficient (Wildman–Crippen LogP) is 0.607. The summed E-state index contributed by atoms with van der Waals surface area (Å²) >= 11 is 0. The van der Waals surface area contributed by atoms with Crippen LogP contribution in [0.5, 0.6) is 0 Å². The Morgan fingerprint density at radius 3 is 2.26 bits per heavy atom. The first kappa shape index (κ1) is 15.5. The number of sulfonamides is 1. The van der Waals surface area contributed by atoms with Crippen molar-refractivity contribution < 1.29 is 18.0 Å². The Hall–Kier alpha value is -2.42. The van der Waals surface area contributed by atoms with Crippen molar-refractivity contribution >= 4 is 21.8 Å². The van der Waals surface area contributed by atoms with Gasteiger partial charge in [0.15, 0.2) is 0 Å². The highest BCUT2D eigenvalue weighted by molar-refractivity contribution is 7.89. The van der Waals surface area contributed by atoms with E-state index in [0.717, 1.165) is 4.90 Å². The Balaban J connectivity index is 1.65. The molecule has 1 aromatic carbocycles. The molecule has 2 heterocycles. The molecule has 2 aliphatic rings. The first-order valence-corrected chi connectivity index (χ1v) is 8.52. The zero-order valence-corrected chi connectivity index (χ0v) is 12.8. The molecule has 0 aromatic heterocycles. The van der Waals surface area contributed by atoms with E-state index in [1.165, 1.54) is 4.31 Å². The summed E-state index contributed by atoms with van der Waals surface area (Å²) < 4.78 is 25.5. The van der Waals surface area contributed by atoms with Gasteiger partial charge in [-0.2, -0.15) is 0 Å². The van der Waals surface area contributed by atoms with Crippen molar-refractivity contribution in [3.63, 3.8) is 0 Å². The van der Waals surface area contributed by atoms with Gasteiger partial charge in [0.25, 0.3) is 11.8 Å². The van der Waals surface area contributed by atoms with Crippen LogP contribution in [0.25, 0.3) is 10.4 Å². The number of imide groups is 1. The second-order valence-corrected chi connectivity index (χ2v) is 7.39. The average Bonchev–Trinajstić information content (AvgIpc) is 2.73. The molecule has 0 atom stereocenters. The van der Waals surface area contributed by atoms with Gasteiger partial charge in [0, 0.05) is 24.5 Å². The fraction of sp³-hybridized carbons (Fsp3) is 0.385. The minimum absolute atomic E-state index is 0.133. The van der Waals surface area contributed by atoms with Gasteiger partial charge in [0.05, 0.1) is 22.9 Å². The van der Waals surface area contributed by atoms with Crippen molar-refractivity contribution in [3.05, 3.63) is 45.8 Å². The van der Waals surface area contributed by atoms with Gasteiger partial charge >= 0.3 is 0 Å². The van der Waals surface area contributed by atoms with Gasteiger partial charge in [-0.1, -0.05) is 17.2 Å². The number of azide groups is 1. The number of rotatable bonds is 5. The molecule has 0 saturated carbocycles. The van der Waals surface area contributed by atoms with E-state index in [0.29, 0.717) is 11.1 Å². The molecule has 2 aliphatic heterocycles. The van der Waals surface area contributed by atoms with Gasteiger partial charge in [-0.3, -0.25) is 14.5 Å². The van der Waals surface area contributed by atoms with Crippen LogP contribution in [0.2, 0.25) is 0 Å². The van der Waals surface area contributed by atoms with E-state index in [1.807, 2.05) is 0 Å². The second kappa shape index (κ2) is 5.65. The third-order valence-electron chi connectivity index (χ3n) is 3.89. The molecule has 1 aromatic rings. The first-order valence-electron chi connectivity index (χ1n) is 6.91. The van der Waals surface area contributed by atoms with E-state index in [2.05, 4.69) is 10.0 Å². The van der Waals surface area contributed by atoms with Gasteiger partial charge < -0.3 is 0 Å². The van der Waals surface area contributed by atoms with E-state index in [4.69, 9.17) is 5.53 Å². The van der Waals surface area contributed by atoms with Crippen LogP contribution in [0, 0.1) is 0 Å². The minimum Gasteiger partial charge on any atom is -0.273 e. The summed E-state index contributed by atoms with van der Waals surface area (Å²) in [6.45, 7) is 0.0698. The molecule has 0 N–H and O–H groups in total. The third kappa shape index (κ3) is 2.67. The van der Waals surface area contributed by atoms with Crippen LogP contribution in [-0.4, -0.2) is 60.9 Å². The summed E-state index contributed by atoms with van der Waals surface area (Å²) in [5.74, 6) is -1.30. The highest BCUT2D eigenvalue weighted by atomic mass is 32.2. The van der Waals surface area contributed by atoms with Gasteiger partial charge in [-0.25, -0.2) is 12.7 Å². The second-order valence-electron chi connectivity index (χ2n) is 5.30. The lowest BCUT2D eigenvalue weighted by atomic mass is 10.1. The third-order valence-corrected chi connectivity index (χ3v) is 5.67. The molecule has 0 bridgehead atoms. The summed E-state index contributed by atoms with van der Waals surface area (Å²) in [5, 5.41) is 3.44. The highest BCUT2D eigenvalue weighted by Gasteiger charge is 2.38. The zero-order chi connectivity index (χ0) is 16.6. The summed E-state index contributed by atoms with van der Waals surface area (Å²) in [6.07, 6.45) is 0. The quantitative estimate of drug-likeness (QED) is 0.338. The maximum Gasteiger partial charge on any atom is 0.261 e. The normalized spacial score (nSPS) is 18.5.